The number of rotatable bonds is 3. The second kappa shape index (κ2) is 4.89. The first-order valence-electron chi connectivity index (χ1n) is 4.62. The second-order valence-corrected chi connectivity index (χ2v) is 4.62. The van der Waals surface area contributed by atoms with Crippen molar-refractivity contribution in [3.05, 3.63) is 34.1 Å². The largest absolute Gasteiger partial charge is 0.393 e. The van der Waals surface area contributed by atoms with Crippen LogP contribution in [0.15, 0.2) is 22.7 Å². The summed E-state index contributed by atoms with van der Waals surface area (Å²) in [6, 6.07) is 4.82. The van der Waals surface area contributed by atoms with Gasteiger partial charge < -0.3 is 5.11 Å². The summed E-state index contributed by atoms with van der Waals surface area (Å²) in [4.78, 5) is 0. The summed E-state index contributed by atoms with van der Waals surface area (Å²) < 4.78 is 13.3. The van der Waals surface area contributed by atoms with Gasteiger partial charge in [-0.15, -0.1) is 0 Å². The van der Waals surface area contributed by atoms with Crippen LogP contribution in [-0.2, 0) is 6.42 Å². The second-order valence-electron chi connectivity index (χ2n) is 3.76. The van der Waals surface area contributed by atoms with Crippen LogP contribution in [0.25, 0.3) is 0 Å². The predicted molar refractivity (Wildman–Crippen MR) is 58.6 cm³/mol. The van der Waals surface area contributed by atoms with E-state index in [9.17, 15) is 9.50 Å². The van der Waals surface area contributed by atoms with Crippen LogP contribution in [0.2, 0.25) is 0 Å². The summed E-state index contributed by atoms with van der Waals surface area (Å²) in [5.41, 5.74) is 0.944. The van der Waals surface area contributed by atoms with Crippen molar-refractivity contribution < 1.29 is 9.50 Å². The van der Waals surface area contributed by atoms with E-state index >= 15 is 0 Å². The van der Waals surface area contributed by atoms with Gasteiger partial charge in [0.25, 0.3) is 0 Å². The predicted octanol–water partition coefficient (Wildman–Crippen LogP) is 3.15. The van der Waals surface area contributed by atoms with Gasteiger partial charge in [0.15, 0.2) is 0 Å². The molecule has 0 spiro atoms. The zero-order chi connectivity index (χ0) is 10.7. The molecule has 0 fully saturated rings. The fourth-order valence-electron chi connectivity index (χ4n) is 1.14. The molecule has 1 atom stereocenters. The summed E-state index contributed by atoms with van der Waals surface area (Å²) in [6.07, 6.45) is 0.198. The average molecular weight is 261 g/mol. The molecule has 0 amide bonds. The molecule has 1 N–H and O–H groups in total. The van der Waals surface area contributed by atoms with Crippen molar-refractivity contribution in [2.45, 2.75) is 26.4 Å². The molecule has 1 aromatic rings. The lowest BCUT2D eigenvalue weighted by molar-refractivity contribution is 0.125. The van der Waals surface area contributed by atoms with Gasteiger partial charge in [0.1, 0.15) is 5.82 Å². The number of halogens is 2. The Labute approximate surface area is 92.1 Å². The molecular formula is C11H14BrFO. The molecule has 0 aromatic heterocycles. The normalized spacial score (nSPS) is 13.3. The van der Waals surface area contributed by atoms with E-state index in [1.807, 2.05) is 13.8 Å². The maximum atomic E-state index is 12.9. The van der Waals surface area contributed by atoms with Gasteiger partial charge in [-0.3, -0.25) is 0 Å². The Hall–Kier alpha value is -0.410. The first-order chi connectivity index (χ1) is 6.50. The Morgan fingerprint density at radius 3 is 2.57 bits per heavy atom. The Morgan fingerprint density at radius 1 is 1.43 bits per heavy atom. The van der Waals surface area contributed by atoms with Crippen molar-refractivity contribution in [1.29, 1.82) is 0 Å². The molecule has 0 bridgehead atoms. The van der Waals surface area contributed by atoms with Gasteiger partial charge in [0.2, 0.25) is 0 Å². The molecule has 3 heteroatoms. The lowest BCUT2D eigenvalue weighted by Gasteiger charge is -2.14. The summed E-state index contributed by atoms with van der Waals surface area (Å²) in [5, 5.41) is 9.63. The van der Waals surface area contributed by atoms with Crippen molar-refractivity contribution >= 4 is 15.9 Å². The highest BCUT2D eigenvalue weighted by Crippen LogP contribution is 2.19. The Balaban J connectivity index is 2.73. The Morgan fingerprint density at radius 2 is 2.07 bits per heavy atom. The summed E-state index contributed by atoms with van der Waals surface area (Å²) in [7, 11) is 0. The third-order valence-electron chi connectivity index (χ3n) is 2.20. The van der Waals surface area contributed by atoms with Crippen LogP contribution in [0.1, 0.15) is 19.4 Å². The van der Waals surface area contributed by atoms with Crippen molar-refractivity contribution in [3.8, 4) is 0 Å². The molecule has 1 aromatic carbocycles. The topological polar surface area (TPSA) is 20.2 Å². The number of benzene rings is 1. The summed E-state index contributed by atoms with van der Waals surface area (Å²) >= 11 is 3.12. The lowest BCUT2D eigenvalue weighted by Crippen LogP contribution is -2.17. The maximum Gasteiger partial charge on any atom is 0.137 e. The van der Waals surface area contributed by atoms with Gasteiger partial charge in [0, 0.05) is 0 Å². The van der Waals surface area contributed by atoms with Crippen LogP contribution in [-0.4, -0.2) is 11.2 Å². The van der Waals surface area contributed by atoms with Crippen molar-refractivity contribution in [2.75, 3.05) is 0 Å². The average Bonchev–Trinajstić information content (AvgIpc) is 2.11. The molecule has 78 valence electrons. The van der Waals surface area contributed by atoms with E-state index in [4.69, 9.17) is 0 Å². The smallest absolute Gasteiger partial charge is 0.137 e. The molecule has 0 saturated heterocycles. The Bertz CT molecular complexity index is 312. The molecular weight excluding hydrogens is 247 g/mol. The molecule has 0 aliphatic rings. The number of aliphatic hydroxyl groups excluding tert-OH is 1. The molecule has 0 radical (unpaired) electrons. The van der Waals surface area contributed by atoms with Crippen molar-refractivity contribution in [3.63, 3.8) is 0 Å². The molecule has 0 saturated carbocycles. The minimum atomic E-state index is -0.368. The van der Waals surface area contributed by atoms with E-state index in [-0.39, 0.29) is 17.8 Å². The monoisotopic (exact) mass is 260 g/mol. The van der Waals surface area contributed by atoms with E-state index in [0.717, 1.165) is 5.56 Å². The highest BCUT2D eigenvalue weighted by atomic mass is 79.9. The third-order valence-corrected chi connectivity index (χ3v) is 2.81. The van der Waals surface area contributed by atoms with Crippen LogP contribution in [0.4, 0.5) is 4.39 Å². The minimum absolute atomic E-state index is 0.221. The van der Waals surface area contributed by atoms with Gasteiger partial charge in [0.05, 0.1) is 10.6 Å². The maximum absolute atomic E-state index is 12.9. The number of hydrogen-bond donors (Lipinski definition) is 1. The first-order valence-corrected chi connectivity index (χ1v) is 5.42. The molecule has 0 aliphatic heterocycles. The van der Waals surface area contributed by atoms with E-state index < -0.39 is 0 Å². The molecule has 1 rings (SSSR count). The van der Waals surface area contributed by atoms with Crippen LogP contribution in [0, 0.1) is 11.7 Å². The fraction of sp³-hybridized carbons (Fsp3) is 0.455. The third kappa shape index (κ3) is 3.07. The standard InChI is InChI=1S/C11H14BrFO/c1-7(2)11(14)6-8-3-4-10(13)9(12)5-8/h3-5,7,11,14H,6H2,1-2H3. The first kappa shape index (κ1) is 11.7. The highest BCUT2D eigenvalue weighted by molar-refractivity contribution is 9.10. The summed E-state index contributed by atoms with van der Waals surface area (Å²) in [5.74, 6) is -0.0494. The zero-order valence-corrected chi connectivity index (χ0v) is 9.88. The zero-order valence-electron chi connectivity index (χ0n) is 8.30. The number of aliphatic hydroxyl groups is 1. The highest BCUT2D eigenvalue weighted by Gasteiger charge is 2.10. The Kier molecular flexibility index (Phi) is 4.08. The summed E-state index contributed by atoms with van der Waals surface area (Å²) in [6.45, 7) is 3.92. The molecule has 14 heavy (non-hydrogen) atoms. The van der Waals surface area contributed by atoms with Gasteiger partial charge in [-0.05, 0) is 46.0 Å². The molecule has 1 unspecified atom stereocenters. The van der Waals surface area contributed by atoms with Gasteiger partial charge in [-0.1, -0.05) is 19.9 Å². The van der Waals surface area contributed by atoms with Gasteiger partial charge in [-0.25, -0.2) is 4.39 Å². The quantitative estimate of drug-likeness (QED) is 0.886. The van der Waals surface area contributed by atoms with E-state index in [0.29, 0.717) is 10.9 Å². The molecule has 1 nitrogen and oxygen atoms in total. The molecule has 0 heterocycles. The lowest BCUT2D eigenvalue weighted by atomic mass is 9.99. The fourth-order valence-corrected chi connectivity index (χ4v) is 1.57. The van der Waals surface area contributed by atoms with Gasteiger partial charge in [-0.2, -0.15) is 0 Å². The van der Waals surface area contributed by atoms with Crippen molar-refractivity contribution in [2.24, 2.45) is 5.92 Å². The SMILES string of the molecule is CC(C)C(O)Cc1ccc(F)c(Br)c1. The van der Waals surface area contributed by atoms with E-state index in [1.165, 1.54) is 6.07 Å². The van der Waals surface area contributed by atoms with E-state index in [1.54, 1.807) is 12.1 Å². The van der Waals surface area contributed by atoms with Crippen LogP contribution < -0.4 is 0 Å². The van der Waals surface area contributed by atoms with Crippen LogP contribution in [0.3, 0.4) is 0 Å². The van der Waals surface area contributed by atoms with Crippen LogP contribution >= 0.6 is 15.9 Å². The van der Waals surface area contributed by atoms with E-state index in [2.05, 4.69) is 15.9 Å². The van der Waals surface area contributed by atoms with Crippen LogP contribution in [0.5, 0.6) is 0 Å². The number of hydrogen-bond acceptors (Lipinski definition) is 1. The minimum Gasteiger partial charge on any atom is -0.393 e. The van der Waals surface area contributed by atoms with Gasteiger partial charge >= 0.3 is 0 Å². The molecule has 0 aliphatic carbocycles. The van der Waals surface area contributed by atoms with Crippen molar-refractivity contribution in [1.82, 2.24) is 0 Å².